The topological polar surface area (TPSA) is 62.8 Å². The van der Waals surface area contributed by atoms with Crippen molar-refractivity contribution in [2.45, 2.75) is 45.8 Å². The van der Waals surface area contributed by atoms with Gasteiger partial charge in [-0.15, -0.1) is 5.59 Å². The van der Waals surface area contributed by atoms with E-state index in [1.165, 1.54) is 5.57 Å². The average Bonchev–Trinajstić information content (AvgIpc) is 2.81. The molecule has 22 heavy (non-hydrogen) atoms. The minimum Gasteiger partial charge on any atom is -0.384 e. The standard InChI is InChI=1S/C17H26N2O3/c1-14-8-9-15(6-5-12-20)17(14,2)10-11-18-19-22-16-7-3-4-13-21-16/h8-9,16,18-20H,3-4,7,10-13H2,1-2H3/t16?,17-/m0/s1. The molecule has 1 aliphatic carbocycles. The van der Waals surface area contributed by atoms with Crippen molar-refractivity contribution >= 4 is 0 Å². The Hall–Kier alpha value is -1.16. The molecule has 5 nitrogen and oxygen atoms in total. The molecule has 2 aliphatic rings. The maximum Gasteiger partial charge on any atom is 0.178 e. The van der Waals surface area contributed by atoms with Crippen LogP contribution in [0.5, 0.6) is 0 Å². The molecule has 0 amide bonds. The second-order valence-electron chi connectivity index (χ2n) is 5.91. The van der Waals surface area contributed by atoms with E-state index in [-0.39, 0.29) is 18.3 Å². The number of aliphatic hydroxyl groups excluding tert-OH is 1. The van der Waals surface area contributed by atoms with Crippen LogP contribution in [0.1, 0.15) is 39.5 Å². The van der Waals surface area contributed by atoms with Gasteiger partial charge in [0.2, 0.25) is 0 Å². The summed E-state index contributed by atoms with van der Waals surface area (Å²) in [5, 5.41) is 8.86. The van der Waals surface area contributed by atoms with Crippen molar-refractivity contribution in [2.75, 3.05) is 19.8 Å². The van der Waals surface area contributed by atoms with Gasteiger partial charge in [0, 0.05) is 30.6 Å². The van der Waals surface area contributed by atoms with Crippen LogP contribution in [-0.2, 0) is 9.57 Å². The molecule has 1 fully saturated rings. The largest absolute Gasteiger partial charge is 0.384 e. The fourth-order valence-electron chi connectivity index (χ4n) is 2.71. The zero-order chi connectivity index (χ0) is 15.8. The summed E-state index contributed by atoms with van der Waals surface area (Å²) in [7, 11) is 0. The zero-order valence-corrected chi connectivity index (χ0v) is 13.4. The van der Waals surface area contributed by atoms with Crippen molar-refractivity contribution in [1.82, 2.24) is 11.0 Å². The minimum atomic E-state index is -0.157. The van der Waals surface area contributed by atoms with E-state index in [1.807, 2.05) is 6.08 Å². The van der Waals surface area contributed by atoms with E-state index in [0.29, 0.717) is 0 Å². The van der Waals surface area contributed by atoms with E-state index < -0.39 is 0 Å². The monoisotopic (exact) mass is 306 g/mol. The highest BCUT2D eigenvalue weighted by atomic mass is 16.8. The first kappa shape index (κ1) is 17.2. The van der Waals surface area contributed by atoms with E-state index >= 15 is 0 Å². The summed E-state index contributed by atoms with van der Waals surface area (Å²) in [6.07, 6.45) is 8.06. The Morgan fingerprint density at radius 2 is 2.32 bits per heavy atom. The van der Waals surface area contributed by atoms with Crippen molar-refractivity contribution in [3.05, 3.63) is 23.3 Å². The maximum atomic E-state index is 8.86. The third-order valence-corrected chi connectivity index (χ3v) is 4.42. The number of hydrogen-bond acceptors (Lipinski definition) is 5. The van der Waals surface area contributed by atoms with Crippen LogP contribution in [0.25, 0.3) is 0 Å². The number of hydrogen-bond donors (Lipinski definition) is 3. The van der Waals surface area contributed by atoms with Crippen LogP contribution >= 0.6 is 0 Å². The molecule has 122 valence electrons. The molecule has 2 atom stereocenters. The molecule has 1 heterocycles. The van der Waals surface area contributed by atoms with E-state index in [0.717, 1.165) is 44.4 Å². The van der Waals surface area contributed by atoms with E-state index in [9.17, 15) is 0 Å². The highest BCUT2D eigenvalue weighted by Gasteiger charge is 2.32. The van der Waals surface area contributed by atoms with Crippen molar-refractivity contribution < 1.29 is 14.7 Å². The summed E-state index contributed by atoms with van der Waals surface area (Å²) in [4.78, 5) is 5.43. The lowest BCUT2D eigenvalue weighted by Crippen LogP contribution is -2.39. The van der Waals surface area contributed by atoms with Crippen LogP contribution in [0.4, 0.5) is 0 Å². The molecule has 0 aromatic carbocycles. The summed E-state index contributed by atoms with van der Waals surface area (Å²) in [5.74, 6) is 5.79. The van der Waals surface area contributed by atoms with Crippen LogP contribution in [0.15, 0.2) is 23.3 Å². The van der Waals surface area contributed by atoms with Crippen molar-refractivity contribution in [1.29, 1.82) is 0 Å². The molecule has 0 aromatic rings. The Morgan fingerprint density at radius 3 is 3.05 bits per heavy atom. The molecule has 0 saturated carbocycles. The maximum absolute atomic E-state index is 8.86. The summed E-state index contributed by atoms with van der Waals surface area (Å²) >= 11 is 0. The molecule has 2 rings (SSSR count). The van der Waals surface area contributed by atoms with E-state index in [2.05, 4.69) is 42.8 Å². The number of nitrogens with one attached hydrogen (secondary N) is 2. The van der Waals surface area contributed by atoms with Gasteiger partial charge in [-0.1, -0.05) is 30.4 Å². The lowest BCUT2D eigenvalue weighted by atomic mass is 9.77. The molecule has 1 unspecified atom stereocenters. The Morgan fingerprint density at radius 1 is 1.45 bits per heavy atom. The first-order valence-corrected chi connectivity index (χ1v) is 7.91. The van der Waals surface area contributed by atoms with Crippen molar-refractivity contribution in [2.24, 2.45) is 5.41 Å². The second kappa shape index (κ2) is 8.47. The Balaban J connectivity index is 1.72. The molecular weight excluding hydrogens is 280 g/mol. The SMILES string of the molecule is CC1=CC=C(C#CCO)[C@@]1(C)CCNNOC1CCCCO1. The van der Waals surface area contributed by atoms with Gasteiger partial charge in [0.15, 0.2) is 6.29 Å². The minimum absolute atomic E-state index is 0.0851. The van der Waals surface area contributed by atoms with E-state index in [1.54, 1.807) is 0 Å². The van der Waals surface area contributed by atoms with Gasteiger partial charge in [-0.3, -0.25) is 4.84 Å². The number of ether oxygens (including phenoxy) is 1. The predicted molar refractivity (Wildman–Crippen MR) is 85.2 cm³/mol. The quantitative estimate of drug-likeness (QED) is 0.397. The Kier molecular flexibility index (Phi) is 6.62. The fraction of sp³-hybridized carbons (Fsp3) is 0.647. The first-order chi connectivity index (χ1) is 10.7. The normalized spacial score (nSPS) is 27.9. The summed E-state index contributed by atoms with van der Waals surface area (Å²) in [5.41, 5.74) is 8.11. The molecule has 0 spiro atoms. The highest BCUT2D eigenvalue weighted by Crippen LogP contribution is 2.42. The van der Waals surface area contributed by atoms with Crippen LogP contribution in [-0.4, -0.2) is 31.2 Å². The van der Waals surface area contributed by atoms with Crippen LogP contribution < -0.4 is 11.0 Å². The zero-order valence-electron chi connectivity index (χ0n) is 13.4. The van der Waals surface area contributed by atoms with Crippen LogP contribution in [0.3, 0.4) is 0 Å². The molecular formula is C17H26N2O3. The lowest BCUT2D eigenvalue weighted by Gasteiger charge is -2.28. The van der Waals surface area contributed by atoms with Crippen molar-refractivity contribution in [3.8, 4) is 11.8 Å². The average molecular weight is 306 g/mol. The number of hydrazine groups is 1. The molecule has 0 aromatic heterocycles. The fourth-order valence-corrected chi connectivity index (χ4v) is 2.71. The van der Waals surface area contributed by atoms with Crippen LogP contribution in [0.2, 0.25) is 0 Å². The van der Waals surface area contributed by atoms with Gasteiger partial charge in [0.1, 0.15) is 6.61 Å². The summed E-state index contributed by atoms with van der Waals surface area (Å²) in [6.45, 7) is 5.70. The van der Waals surface area contributed by atoms with Crippen molar-refractivity contribution in [3.63, 3.8) is 0 Å². The first-order valence-electron chi connectivity index (χ1n) is 7.91. The summed E-state index contributed by atoms with van der Waals surface area (Å²) < 4.78 is 5.47. The van der Waals surface area contributed by atoms with Gasteiger partial charge in [0.25, 0.3) is 0 Å². The second-order valence-corrected chi connectivity index (χ2v) is 5.91. The third kappa shape index (κ3) is 4.42. The van der Waals surface area contributed by atoms with Gasteiger partial charge >= 0.3 is 0 Å². The number of aliphatic hydroxyl groups is 1. The lowest BCUT2D eigenvalue weighted by molar-refractivity contribution is -0.206. The van der Waals surface area contributed by atoms with E-state index in [4.69, 9.17) is 14.7 Å². The third-order valence-electron chi connectivity index (χ3n) is 4.42. The molecule has 3 N–H and O–H groups in total. The summed E-state index contributed by atoms with van der Waals surface area (Å²) in [6, 6.07) is 0. The van der Waals surface area contributed by atoms with Gasteiger partial charge in [-0.2, -0.15) is 0 Å². The molecule has 0 radical (unpaired) electrons. The van der Waals surface area contributed by atoms with Gasteiger partial charge < -0.3 is 9.84 Å². The molecule has 1 saturated heterocycles. The molecule has 5 heteroatoms. The molecule has 1 aliphatic heterocycles. The Labute approximate surface area is 132 Å². The highest BCUT2D eigenvalue weighted by molar-refractivity contribution is 5.49. The number of allylic oxidation sites excluding steroid dienone is 4. The van der Waals surface area contributed by atoms with Gasteiger partial charge in [-0.05, 0) is 32.3 Å². The van der Waals surface area contributed by atoms with Gasteiger partial charge in [0.05, 0.1) is 0 Å². The molecule has 0 bridgehead atoms. The van der Waals surface area contributed by atoms with Crippen LogP contribution in [0, 0.1) is 17.3 Å². The predicted octanol–water partition coefficient (Wildman–Crippen LogP) is 1.82. The smallest absolute Gasteiger partial charge is 0.178 e. The Bertz CT molecular complexity index is 484. The number of rotatable bonds is 6. The van der Waals surface area contributed by atoms with Gasteiger partial charge in [-0.25, -0.2) is 5.43 Å².